The fourth-order valence-corrected chi connectivity index (χ4v) is 3.43. The molecule has 0 aliphatic heterocycles. The zero-order chi connectivity index (χ0) is 13.7. The van der Waals surface area contributed by atoms with Gasteiger partial charge in [-0.2, -0.15) is 0 Å². The summed E-state index contributed by atoms with van der Waals surface area (Å²) in [7, 11) is 1.91. The second-order valence-electron chi connectivity index (χ2n) is 5.56. The second kappa shape index (κ2) is 8.65. The van der Waals surface area contributed by atoms with Gasteiger partial charge in [-0.1, -0.05) is 18.9 Å². The summed E-state index contributed by atoms with van der Waals surface area (Å²) < 4.78 is 0. The van der Waals surface area contributed by atoms with Crippen LogP contribution in [0.2, 0.25) is 0 Å². The first-order valence-electron chi connectivity index (χ1n) is 7.18. The maximum absolute atomic E-state index is 12.2. The molecule has 2 N–H and O–H groups in total. The van der Waals surface area contributed by atoms with Gasteiger partial charge >= 0.3 is 0 Å². The van der Waals surface area contributed by atoms with Crippen LogP contribution in [0.1, 0.15) is 37.0 Å². The number of nitrogens with two attached hydrogens (primary N) is 1. The van der Waals surface area contributed by atoms with Crippen LogP contribution >= 0.6 is 23.7 Å². The van der Waals surface area contributed by atoms with Crippen LogP contribution in [-0.2, 0) is 11.2 Å². The molecule has 20 heavy (non-hydrogen) atoms. The van der Waals surface area contributed by atoms with E-state index >= 15 is 0 Å². The van der Waals surface area contributed by atoms with Crippen molar-refractivity contribution >= 4 is 29.7 Å². The lowest BCUT2D eigenvalue weighted by Crippen LogP contribution is -2.38. The van der Waals surface area contributed by atoms with Crippen LogP contribution in [0.5, 0.6) is 0 Å². The van der Waals surface area contributed by atoms with Crippen molar-refractivity contribution in [2.24, 2.45) is 11.7 Å². The Hall–Kier alpha value is -0.580. The standard InChI is InChI=1S/C15H24N2OS.ClH/c1-17(9-8-13-6-4-10-19-13)15(18)11-12-5-2-3-7-14(12)16;/h4,6,10,12,14H,2-3,5,7-9,11,16H2,1H3;1H. The first kappa shape index (κ1) is 17.5. The third kappa shape index (κ3) is 5.08. The van der Waals surface area contributed by atoms with Gasteiger partial charge < -0.3 is 10.6 Å². The summed E-state index contributed by atoms with van der Waals surface area (Å²) in [5.41, 5.74) is 6.11. The van der Waals surface area contributed by atoms with Crippen LogP contribution < -0.4 is 5.73 Å². The number of rotatable bonds is 5. The molecule has 2 unspecified atom stereocenters. The van der Waals surface area contributed by atoms with Gasteiger partial charge in [0.1, 0.15) is 0 Å². The van der Waals surface area contributed by atoms with Gasteiger partial charge in [0, 0.05) is 30.9 Å². The van der Waals surface area contributed by atoms with E-state index in [1.54, 1.807) is 11.3 Å². The molecule has 0 radical (unpaired) electrons. The molecule has 0 bridgehead atoms. The van der Waals surface area contributed by atoms with Crippen molar-refractivity contribution in [3.05, 3.63) is 22.4 Å². The highest BCUT2D eigenvalue weighted by Gasteiger charge is 2.25. The molecule has 3 nitrogen and oxygen atoms in total. The van der Waals surface area contributed by atoms with Crippen molar-refractivity contribution in [1.82, 2.24) is 4.90 Å². The van der Waals surface area contributed by atoms with Crippen molar-refractivity contribution in [2.45, 2.75) is 44.6 Å². The van der Waals surface area contributed by atoms with Crippen LogP contribution in [0, 0.1) is 5.92 Å². The zero-order valence-electron chi connectivity index (χ0n) is 12.1. The number of hydrogen-bond acceptors (Lipinski definition) is 3. The Morgan fingerprint density at radius 1 is 1.45 bits per heavy atom. The Kier molecular flexibility index (Phi) is 7.56. The van der Waals surface area contributed by atoms with Crippen LogP contribution in [0.4, 0.5) is 0 Å². The van der Waals surface area contributed by atoms with E-state index in [0.717, 1.165) is 25.8 Å². The van der Waals surface area contributed by atoms with Crippen molar-refractivity contribution in [3.63, 3.8) is 0 Å². The fraction of sp³-hybridized carbons (Fsp3) is 0.667. The average molecular weight is 317 g/mol. The van der Waals surface area contributed by atoms with E-state index in [0.29, 0.717) is 12.3 Å². The SMILES string of the molecule is CN(CCc1cccs1)C(=O)CC1CCCCC1N.Cl. The molecule has 2 atom stereocenters. The fourth-order valence-electron chi connectivity index (χ4n) is 2.73. The highest BCUT2D eigenvalue weighted by Crippen LogP contribution is 2.26. The summed E-state index contributed by atoms with van der Waals surface area (Å²) in [6.45, 7) is 0.807. The van der Waals surface area contributed by atoms with E-state index in [1.807, 2.05) is 11.9 Å². The molecule has 1 fully saturated rings. The number of halogens is 1. The monoisotopic (exact) mass is 316 g/mol. The number of nitrogens with zero attached hydrogens (tertiary/aromatic N) is 1. The third-order valence-electron chi connectivity index (χ3n) is 4.10. The van der Waals surface area contributed by atoms with E-state index in [4.69, 9.17) is 5.73 Å². The molecular formula is C15H25ClN2OS. The number of thiophene rings is 1. The summed E-state index contributed by atoms with van der Waals surface area (Å²) in [5, 5.41) is 2.08. The predicted molar refractivity (Wildman–Crippen MR) is 87.5 cm³/mol. The average Bonchev–Trinajstić information content (AvgIpc) is 2.91. The van der Waals surface area contributed by atoms with Crippen LogP contribution in [-0.4, -0.2) is 30.4 Å². The van der Waals surface area contributed by atoms with Crippen molar-refractivity contribution in [3.8, 4) is 0 Å². The molecule has 114 valence electrons. The molecule has 1 aromatic rings. The topological polar surface area (TPSA) is 46.3 Å². The number of carbonyl (C=O) groups is 1. The van der Waals surface area contributed by atoms with Crippen LogP contribution in [0.15, 0.2) is 17.5 Å². The van der Waals surface area contributed by atoms with Gasteiger partial charge in [0.2, 0.25) is 5.91 Å². The molecule has 1 amide bonds. The van der Waals surface area contributed by atoms with Gasteiger partial charge in [0.15, 0.2) is 0 Å². The Balaban J connectivity index is 0.00000200. The molecule has 2 rings (SSSR count). The molecule has 1 aromatic heterocycles. The van der Waals surface area contributed by atoms with E-state index in [1.165, 1.54) is 17.7 Å². The quantitative estimate of drug-likeness (QED) is 0.907. The van der Waals surface area contributed by atoms with E-state index < -0.39 is 0 Å². The van der Waals surface area contributed by atoms with Gasteiger partial charge in [0.05, 0.1) is 0 Å². The summed E-state index contributed by atoms with van der Waals surface area (Å²) in [4.78, 5) is 15.4. The Morgan fingerprint density at radius 3 is 2.85 bits per heavy atom. The normalized spacial score (nSPS) is 22.1. The van der Waals surface area contributed by atoms with Gasteiger partial charge in [-0.3, -0.25) is 4.79 Å². The Morgan fingerprint density at radius 2 is 2.20 bits per heavy atom. The highest BCUT2D eigenvalue weighted by atomic mass is 35.5. The second-order valence-corrected chi connectivity index (χ2v) is 6.59. The number of amides is 1. The van der Waals surface area contributed by atoms with Gasteiger partial charge in [-0.25, -0.2) is 0 Å². The van der Waals surface area contributed by atoms with Crippen LogP contribution in [0.25, 0.3) is 0 Å². The molecule has 5 heteroatoms. The number of likely N-dealkylation sites (N-methyl/N-ethyl adjacent to an activating group) is 1. The summed E-state index contributed by atoms with van der Waals surface area (Å²) in [5.74, 6) is 0.643. The van der Waals surface area contributed by atoms with Crippen molar-refractivity contribution in [1.29, 1.82) is 0 Å². The molecule has 0 aromatic carbocycles. The molecule has 1 aliphatic rings. The Bertz CT molecular complexity index is 397. The molecule has 1 heterocycles. The lowest BCUT2D eigenvalue weighted by atomic mass is 9.83. The maximum Gasteiger partial charge on any atom is 0.222 e. The summed E-state index contributed by atoms with van der Waals surface area (Å²) in [6.07, 6.45) is 6.23. The van der Waals surface area contributed by atoms with Gasteiger partial charge in [0.25, 0.3) is 0 Å². The maximum atomic E-state index is 12.2. The first-order chi connectivity index (χ1) is 9.16. The van der Waals surface area contributed by atoms with Gasteiger partial charge in [-0.05, 0) is 36.6 Å². The number of hydrogen-bond donors (Lipinski definition) is 1. The molecule has 0 spiro atoms. The van der Waals surface area contributed by atoms with Crippen LogP contribution in [0.3, 0.4) is 0 Å². The predicted octanol–water partition coefficient (Wildman–Crippen LogP) is 3.08. The Labute approximate surface area is 131 Å². The molecule has 0 saturated heterocycles. The summed E-state index contributed by atoms with van der Waals surface area (Å²) in [6, 6.07) is 4.41. The van der Waals surface area contributed by atoms with Crippen molar-refractivity contribution < 1.29 is 4.79 Å². The van der Waals surface area contributed by atoms with E-state index in [9.17, 15) is 4.79 Å². The molecule has 1 aliphatic carbocycles. The van der Waals surface area contributed by atoms with E-state index in [2.05, 4.69) is 17.5 Å². The summed E-state index contributed by atoms with van der Waals surface area (Å²) >= 11 is 1.75. The minimum atomic E-state index is 0. The lowest BCUT2D eigenvalue weighted by Gasteiger charge is -2.29. The first-order valence-corrected chi connectivity index (χ1v) is 8.06. The lowest BCUT2D eigenvalue weighted by molar-refractivity contribution is -0.131. The third-order valence-corrected chi connectivity index (χ3v) is 5.04. The largest absolute Gasteiger partial charge is 0.345 e. The highest BCUT2D eigenvalue weighted by molar-refractivity contribution is 7.09. The smallest absolute Gasteiger partial charge is 0.222 e. The minimum absolute atomic E-state index is 0. The molecule has 1 saturated carbocycles. The number of carbonyl (C=O) groups excluding carboxylic acids is 1. The zero-order valence-corrected chi connectivity index (χ0v) is 13.7. The van der Waals surface area contributed by atoms with Gasteiger partial charge in [-0.15, -0.1) is 23.7 Å². The molecular weight excluding hydrogens is 292 g/mol. The minimum Gasteiger partial charge on any atom is -0.345 e. The van der Waals surface area contributed by atoms with E-state index in [-0.39, 0.29) is 24.4 Å². The van der Waals surface area contributed by atoms with Crippen molar-refractivity contribution in [2.75, 3.05) is 13.6 Å².